The number of fused-ring (bicyclic) bond motifs is 1. The summed E-state index contributed by atoms with van der Waals surface area (Å²) in [5.41, 5.74) is 2.31. The highest BCUT2D eigenvalue weighted by atomic mass is 35.5. The predicted octanol–water partition coefficient (Wildman–Crippen LogP) is 4.89. The summed E-state index contributed by atoms with van der Waals surface area (Å²) in [7, 11) is 5.63. The third-order valence-electron chi connectivity index (χ3n) is 9.01. The summed E-state index contributed by atoms with van der Waals surface area (Å²) in [4.78, 5) is 39.3. The lowest BCUT2D eigenvalue weighted by Gasteiger charge is -2.36. The van der Waals surface area contributed by atoms with Gasteiger partial charge in [-0.25, -0.2) is 9.78 Å². The maximum Gasteiger partial charge on any atom is 0.324 e. The SMILES string of the molecule is COc1ccc(N2CCCN(Cc3ccnc4c3c(Cl)cn4CC(=O)N3CCOC(CN(C)C)C3)C2=O)cc1OCCCC1CC1. The molecule has 3 aromatic rings. The first-order valence-electron chi connectivity index (χ1n) is 16.3. The molecule has 4 heterocycles. The molecule has 11 nitrogen and oxygen atoms in total. The van der Waals surface area contributed by atoms with E-state index in [1.54, 1.807) is 24.4 Å². The average Bonchev–Trinajstić information content (AvgIpc) is 3.82. The van der Waals surface area contributed by atoms with Gasteiger partial charge in [0.15, 0.2) is 11.5 Å². The van der Waals surface area contributed by atoms with E-state index in [1.165, 1.54) is 19.3 Å². The van der Waals surface area contributed by atoms with Gasteiger partial charge in [0.2, 0.25) is 5.91 Å². The second-order valence-electron chi connectivity index (χ2n) is 12.8. The fourth-order valence-electron chi connectivity index (χ4n) is 6.47. The van der Waals surface area contributed by atoms with Gasteiger partial charge in [-0.05, 0) is 63.0 Å². The number of amides is 3. The Kier molecular flexibility index (Phi) is 10.2. The van der Waals surface area contributed by atoms with Crippen molar-refractivity contribution in [3.05, 3.63) is 47.2 Å². The summed E-state index contributed by atoms with van der Waals surface area (Å²) in [6, 6.07) is 7.51. The molecule has 0 radical (unpaired) electrons. The molecule has 1 unspecified atom stereocenters. The molecule has 1 atom stereocenters. The van der Waals surface area contributed by atoms with Gasteiger partial charge in [-0.1, -0.05) is 24.4 Å². The molecule has 46 heavy (non-hydrogen) atoms. The number of nitrogens with zero attached hydrogens (tertiary/aromatic N) is 6. The molecule has 0 bridgehead atoms. The zero-order chi connectivity index (χ0) is 32.2. The van der Waals surface area contributed by atoms with Gasteiger partial charge < -0.3 is 33.5 Å². The number of urea groups is 1. The first kappa shape index (κ1) is 32.4. The van der Waals surface area contributed by atoms with Crippen molar-refractivity contribution in [2.45, 2.75) is 51.3 Å². The molecule has 2 aromatic heterocycles. The van der Waals surface area contributed by atoms with Crippen LogP contribution in [0.25, 0.3) is 11.0 Å². The highest BCUT2D eigenvalue weighted by molar-refractivity contribution is 6.35. The second-order valence-corrected chi connectivity index (χ2v) is 13.3. The standard InChI is InChI=1S/C34H45ClN6O5/c1-37(2)20-27-21-38(15-17-45-27)31(42)23-40-22-28(35)32-25(11-12-36-33(32)40)19-39-13-5-14-41(34(39)43)26-9-10-29(44-3)30(18-26)46-16-4-6-24-7-8-24/h9-12,18,22,24,27H,4-8,13-17,19-21,23H2,1-3H3. The van der Waals surface area contributed by atoms with Crippen LogP contribution in [0.5, 0.6) is 11.5 Å². The van der Waals surface area contributed by atoms with Gasteiger partial charge in [-0.15, -0.1) is 0 Å². The van der Waals surface area contributed by atoms with E-state index in [-0.39, 0.29) is 24.6 Å². The van der Waals surface area contributed by atoms with Gasteiger partial charge >= 0.3 is 6.03 Å². The second kappa shape index (κ2) is 14.5. The zero-order valence-electron chi connectivity index (χ0n) is 27.1. The summed E-state index contributed by atoms with van der Waals surface area (Å²) < 4.78 is 19.3. The summed E-state index contributed by atoms with van der Waals surface area (Å²) in [6.45, 7) is 4.77. The van der Waals surface area contributed by atoms with Crippen LogP contribution in [0.15, 0.2) is 36.7 Å². The van der Waals surface area contributed by atoms with Crippen molar-refractivity contribution < 1.29 is 23.8 Å². The molecular weight excluding hydrogens is 608 g/mol. The predicted molar refractivity (Wildman–Crippen MR) is 178 cm³/mol. The lowest BCUT2D eigenvalue weighted by Crippen LogP contribution is -2.49. The van der Waals surface area contributed by atoms with Crippen LogP contribution < -0.4 is 14.4 Å². The number of rotatable bonds is 13. The van der Waals surface area contributed by atoms with Crippen LogP contribution in [0.1, 0.15) is 37.7 Å². The number of likely N-dealkylation sites (N-methyl/N-ethyl adjacent to an activating group) is 1. The molecular formula is C34H45ClN6O5. The topological polar surface area (TPSA) is 92.6 Å². The minimum absolute atomic E-state index is 0.000398. The van der Waals surface area contributed by atoms with Crippen molar-refractivity contribution in [1.29, 1.82) is 0 Å². The monoisotopic (exact) mass is 652 g/mol. The van der Waals surface area contributed by atoms with Gasteiger partial charge in [0, 0.05) is 68.8 Å². The molecule has 3 amide bonds. The van der Waals surface area contributed by atoms with Crippen LogP contribution in [-0.4, -0.2) is 109 Å². The van der Waals surface area contributed by atoms with E-state index in [9.17, 15) is 9.59 Å². The third kappa shape index (κ3) is 7.53. The van der Waals surface area contributed by atoms with Crippen molar-refractivity contribution in [2.75, 3.05) is 72.0 Å². The smallest absolute Gasteiger partial charge is 0.324 e. The van der Waals surface area contributed by atoms with Crippen LogP contribution in [0.2, 0.25) is 5.02 Å². The van der Waals surface area contributed by atoms with Crippen LogP contribution in [0.3, 0.4) is 0 Å². The molecule has 3 aliphatic rings. The zero-order valence-corrected chi connectivity index (χ0v) is 27.9. The molecule has 12 heteroatoms. The van der Waals surface area contributed by atoms with E-state index in [4.69, 9.17) is 25.8 Å². The summed E-state index contributed by atoms with van der Waals surface area (Å²) in [5, 5.41) is 1.28. The molecule has 1 aromatic carbocycles. The summed E-state index contributed by atoms with van der Waals surface area (Å²) in [6.07, 6.45) is 9.17. The first-order chi connectivity index (χ1) is 22.3. The first-order valence-corrected chi connectivity index (χ1v) is 16.7. The minimum atomic E-state index is -0.0774. The maximum absolute atomic E-state index is 13.8. The molecule has 2 saturated heterocycles. The number of ether oxygens (including phenoxy) is 3. The van der Waals surface area contributed by atoms with Gasteiger partial charge in [0.1, 0.15) is 12.2 Å². The molecule has 3 fully saturated rings. The van der Waals surface area contributed by atoms with Gasteiger partial charge in [-0.3, -0.25) is 9.69 Å². The van der Waals surface area contributed by atoms with Crippen LogP contribution >= 0.6 is 11.6 Å². The van der Waals surface area contributed by atoms with Gasteiger partial charge in [0.25, 0.3) is 0 Å². The number of carbonyl (C=O) groups is 2. The lowest BCUT2D eigenvalue weighted by molar-refractivity contribution is -0.139. The van der Waals surface area contributed by atoms with Crippen LogP contribution in [0, 0.1) is 5.92 Å². The van der Waals surface area contributed by atoms with Gasteiger partial charge in [-0.2, -0.15) is 0 Å². The molecule has 0 N–H and O–H groups in total. The highest BCUT2D eigenvalue weighted by Gasteiger charge is 2.30. The summed E-state index contributed by atoms with van der Waals surface area (Å²) >= 11 is 6.78. The number of carbonyl (C=O) groups excluding carboxylic acids is 2. The molecule has 1 aliphatic carbocycles. The molecule has 248 valence electrons. The Morgan fingerprint density at radius 1 is 1.15 bits per heavy atom. The molecule has 6 rings (SSSR count). The van der Waals surface area contributed by atoms with E-state index in [2.05, 4.69) is 9.88 Å². The van der Waals surface area contributed by atoms with E-state index in [0.717, 1.165) is 41.9 Å². The fraction of sp³-hybridized carbons (Fsp3) is 0.559. The van der Waals surface area contributed by atoms with E-state index < -0.39 is 0 Å². The third-order valence-corrected chi connectivity index (χ3v) is 9.29. The number of pyridine rings is 1. The summed E-state index contributed by atoms with van der Waals surface area (Å²) in [5.74, 6) is 2.18. The van der Waals surface area contributed by atoms with E-state index >= 15 is 0 Å². The largest absolute Gasteiger partial charge is 0.493 e. The van der Waals surface area contributed by atoms with Gasteiger partial charge in [0.05, 0.1) is 31.5 Å². The highest BCUT2D eigenvalue weighted by Crippen LogP contribution is 2.36. The minimum Gasteiger partial charge on any atom is -0.493 e. The van der Waals surface area contributed by atoms with Crippen molar-refractivity contribution >= 4 is 40.3 Å². The Hall–Kier alpha value is -3.54. The number of anilines is 1. The number of halogens is 1. The average molecular weight is 653 g/mol. The van der Waals surface area contributed by atoms with Crippen LogP contribution in [0.4, 0.5) is 10.5 Å². The maximum atomic E-state index is 13.8. The van der Waals surface area contributed by atoms with Crippen molar-refractivity contribution in [1.82, 2.24) is 24.3 Å². The fourth-order valence-corrected chi connectivity index (χ4v) is 6.80. The number of hydrogen-bond acceptors (Lipinski definition) is 7. The van der Waals surface area contributed by atoms with E-state index in [1.807, 2.05) is 52.7 Å². The molecule has 2 aliphatic heterocycles. The number of benzene rings is 1. The lowest BCUT2D eigenvalue weighted by atomic mass is 10.1. The Morgan fingerprint density at radius 2 is 2.00 bits per heavy atom. The number of methoxy groups -OCH3 is 1. The normalized spacial score (nSPS) is 18.9. The number of morpholine rings is 1. The Balaban J connectivity index is 1.14. The number of hydrogen-bond donors (Lipinski definition) is 0. The molecule has 1 saturated carbocycles. The quantitative estimate of drug-likeness (QED) is 0.243. The van der Waals surface area contributed by atoms with Crippen LogP contribution in [-0.2, 0) is 22.6 Å². The Morgan fingerprint density at radius 3 is 2.78 bits per heavy atom. The molecule has 0 spiro atoms. The van der Waals surface area contributed by atoms with Crippen molar-refractivity contribution in [2.24, 2.45) is 5.92 Å². The Labute approximate surface area is 275 Å². The van der Waals surface area contributed by atoms with Crippen molar-refractivity contribution in [3.63, 3.8) is 0 Å². The van der Waals surface area contributed by atoms with Crippen molar-refractivity contribution in [3.8, 4) is 11.5 Å². The van der Waals surface area contributed by atoms with E-state index in [0.29, 0.717) is 68.1 Å². The Bertz CT molecular complexity index is 1540. The number of aromatic nitrogens is 2.